The molecule has 2 aromatic carbocycles. The Bertz CT molecular complexity index is 808. The lowest BCUT2D eigenvalue weighted by atomic mass is 10.0. The van der Waals surface area contributed by atoms with E-state index in [0.29, 0.717) is 16.8 Å². The van der Waals surface area contributed by atoms with Crippen molar-refractivity contribution in [2.75, 3.05) is 19.0 Å². The van der Waals surface area contributed by atoms with E-state index in [1.165, 1.54) is 11.0 Å². The van der Waals surface area contributed by atoms with Crippen LogP contribution in [0.4, 0.5) is 5.69 Å². The molecule has 0 saturated heterocycles. The van der Waals surface area contributed by atoms with Crippen LogP contribution in [-0.4, -0.2) is 30.0 Å². The fraction of sp³-hybridized carbons (Fsp3) is 0.222. The van der Waals surface area contributed by atoms with Crippen molar-refractivity contribution in [3.63, 3.8) is 0 Å². The Balaban J connectivity index is 2.08. The number of carbonyl (C=O) groups excluding carboxylic acids is 1. The van der Waals surface area contributed by atoms with Gasteiger partial charge in [0.15, 0.2) is 6.04 Å². The molecule has 5 heteroatoms. The molecular formula is C18H17N3O2. The van der Waals surface area contributed by atoms with Crippen molar-refractivity contribution in [1.82, 2.24) is 4.90 Å². The van der Waals surface area contributed by atoms with Crippen molar-refractivity contribution in [2.45, 2.75) is 12.6 Å². The van der Waals surface area contributed by atoms with Crippen LogP contribution in [0.2, 0.25) is 0 Å². The molecule has 5 nitrogen and oxygen atoms in total. The van der Waals surface area contributed by atoms with E-state index < -0.39 is 6.04 Å². The Morgan fingerprint density at radius 1 is 1.26 bits per heavy atom. The monoisotopic (exact) mass is 307 g/mol. The SMILES string of the molecule is CN(C)Cc1ccc2c(c1)C(C#N)N(c1ccccc1O)C2=O. The number of amides is 1. The number of carbonyl (C=O) groups is 1. The summed E-state index contributed by atoms with van der Waals surface area (Å²) in [4.78, 5) is 16.1. The lowest BCUT2D eigenvalue weighted by Gasteiger charge is -2.21. The molecule has 0 radical (unpaired) electrons. The first kappa shape index (κ1) is 15.1. The van der Waals surface area contributed by atoms with Gasteiger partial charge in [-0.1, -0.05) is 24.3 Å². The van der Waals surface area contributed by atoms with Crippen molar-refractivity contribution >= 4 is 11.6 Å². The Kier molecular flexibility index (Phi) is 3.77. The first-order valence-corrected chi connectivity index (χ1v) is 7.31. The third-order valence-electron chi connectivity index (χ3n) is 3.88. The van der Waals surface area contributed by atoms with Crippen molar-refractivity contribution in [2.24, 2.45) is 0 Å². The van der Waals surface area contributed by atoms with Gasteiger partial charge >= 0.3 is 0 Å². The summed E-state index contributed by atoms with van der Waals surface area (Å²) in [6, 6.07) is 13.6. The van der Waals surface area contributed by atoms with Gasteiger partial charge in [-0.2, -0.15) is 5.26 Å². The maximum atomic E-state index is 12.7. The minimum Gasteiger partial charge on any atom is -0.506 e. The Morgan fingerprint density at radius 3 is 2.65 bits per heavy atom. The molecule has 23 heavy (non-hydrogen) atoms. The van der Waals surface area contributed by atoms with Gasteiger partial charge < -0.3 is 10.0 Å². The van der Waals surface area contributed by atoms with Crippen LogP contribution in [0.15, 0.2) is 42.5 Å². The average Bonchev–Trinajstić information content (AvgIpc) is 2.79. The van der Waals surface area contributed by atoms with E-state index in [4.69, 9.17) is 0 Å². The summed E-state index contributed by atoms with van der Waals surface area (Å²) in [5.41, 5.74) is 2.61. The number of fused-ring (bicyclic) bond motifs is 1. The van der Waals surface area contributed by atoms with E-state index in [-0.39, 0.29) is 11.7 Å². The summed E-state index contributed by atoms with van der Waals surface area (Å²) in [6.45, 7) is 0.732. The number of hydrogen-bond acceptors (Lipinski definition) is 4. The molecular weight excluding hydrogens is 290 g/mol. The summed E-state index contributed by atoms with van der Waals surface area (Å²) >= 11 is 0. The minimum absolute atomic E-state index is 0.0116. The molecule has 1 unspecified atom stereocenters. The van der Waals surface area contributed by atoms with Crippen LogP contribution in [-0.2, 0) is 6.54 Å². The molecule has 1 atom stereocenters. The summed E-state index contributed by atoms with van der Waals surface area (Å²) in [7, 11) is 3.93. The Hall–Kier alpha value is -2.84. The van der Waals surface area contributed by atoms with Gasteiger partial charge in [-0.05, 0) is 37.9 Å². The minimum atomic E-state index is -0.729. The predicted molar refractivity (Wildman–Crippen MR) is 87.1 cm³/mol. The second-order valence-electron chi connectivity index (χ2n) is 5.85. The predicted octanol–water partition coefficient (Wildman–Crippen LogP) is 2.68. The number of aromatic hydroxyl groups is 1. The van der Waals surface area contributed by atoms with Crippen molar-refractivity contribution in [1.29, 1.82) is 5.26 Å². The zero-order chi connectivity index (χ0) is 16.6. The standard InChI is InChI=1S/C18H17N3O2/c1-20(2)11-12-7-8-13-14(9-12)16(10-19)21(18(13)23)15-5-3-4-6-17(15)22/h3-9,16,22H,11H2,1-2H3. The number of phenolic OH excluding ortho intramolecular Hbond substituents is 1. The number of rotatable bonds is 3. The molecule has 1 heterocycles. The molecule has 0 saturated carbocycles. The van der Waals surface area contributed by atoms with Gasteiger partial charge in [-0.3, -0.25) is 9.69 Å². The van der Waals surface area contributed by atoms with Crippen molar-refractivity contribution in [3.8, 4) is 11.8 Å². The van der Waals surface area contributed by atoms with E-state index in [0.717, 1.165) is 12.1 Å². The van der Waals surface area contributed by atoms with Crippen LogP contribution in [0, 0.1) is 11.3 Å². The van der Waals surface area contributed by atoms with E-state index in [9.17, 15) is 15.2 Å². The van der Waals surface area contributed by atoms with E-state index in [1.807, 2.05) is 31.1 Å². The number of nitrogens with zero attached hydrogens (tertiary/aromatic N) is 3. The molecule has 1 aliphatic rings. The molecule has 1 aliphatic heterocycles. The summed E-state index contributed by atoms with van der Waals surface area (Å²) in [5.74, 6) is -0.271. The van der Waals surface area contributed by atoms with Gasteiger partial charge in [0, 0.05) is 17.7 Å². The number of benzene rings is 2. The van der Waals surface area contributed by atoms with Gasteiger partial charge in [0.25, 0.3) is 5.91 Å². The molecule has 0 aliphatic carbocycles. The zero-order valence-corrected chi connectivity index (χ0v) is 13.0. The molecule has 0 fully saturated rings. The van der Waals surface area contributed by atoms with Gasteiger partial charge in [-0.25, -0.2) is 0 Å². The fourth-order valence-corrected chi connectivity index (χ4v) is 2.93. The second-order valence-corrected chi connectivity index (χ2v) is 5.85. The van der Waals surface area contributed by atoms with Crippen molar-refractivity contribution < 1.29 is 9.90 Å². The maximum Gasteiger partial charge on any atom is 0.260 e. The number of hydrogen-bond donors (Lipinski definition) is 1. The van der Waals surface area contributed by atoms with Crippen LogP contribution < -0.4 is 4.90 Å². The van der Waals surface area contributed by atoms with Gasteiger partial charge in [0.2, 0.25) is 0 Å². The molecule has 1 amide bonds. The highest BCUT2D eigenvalue weighted by atomic mass is 16.3. The van der Waals surface area contributed by atoms with Crippen LogP contribution >= 0.6 is 0 Å². The molecule has 3 rings (SSSR count). The molecule has 0 spiro atoms. The first-order chi connectivity index (χ1) is 11.0. The third kappa shape index (κ3) is 2.54. The fourth-order valence-electron chi connectivity index (χ4n) is 2.93. The number of nitriles is 1. The molecule has 0 bridgehead atoms. The number of para-hydroxylation sites is 2. The Labute approximate surface area is 135 Å². The second kappa shape index (κ2) is 5.75. The summed E-state index contributed by atoms with van der Waals surface area (Å²) in [6.07, 6.45) is 0. The highest BCUT2D eigenvalue weighted by Gasteiger charge is 2.39. The van der Waals surface area contributed by atoms with Gasteiger partial charge in [-0.15, -0.1) is 0 Å². The molecule has 1 N–H and O–H groups in total. The van der Waals surface area contributed by atoms with Crippen LogP contribution in [0.25, 0.3) is 0 Å². The molecule has 116 valence electrons. The van der Waals surface area contributed by atoms with Gasteiger partial charge in [0.05, 0.1) is 11.8 Å². The summed E-state index contributed by atoms with van der Waals surface area (Å²) < 4.78 is 0. The topological polar surface area (TPSA) is 67.6 Å². The van der Waals surface area contributed by atoms with Gasteiger partial charge in [0.1, 0.15) is 5.75 Å². The lowest BCUT2D eigenvalue weighted by molar-refractivity contribution is 0.0993. The number of anilines is 1. The Morgan fingerprint density at radius 2 is 2.00 bits per heavy atom. The molecule has 0 aromatic heterocycles. The highest BCUT2D eigenvalue weighted by molar-refractivity contribution is 6.12. The highest BCUT2D eigenvalue weighted by Crippen LogP contribution is 2.41. The maximum absolute atomic E-state index is 12.7. The van der Waals surface area contributed by atoms with E-state index in [2.05, 4.69) is 6.07 Å². The largest absolute Gasteiger partial charge is 0.506 e. The van der Waals surface area contributed by atoms with Crippen molar-refractivity contribution in [3.05, 3.63) is 59.2 Å². The summed E-state index contributed by atoms with van der Waals surface area (Å²) in [5, 5.41) is 19.6. The smallest absolute Gasteiger partial charge is 0.260 e. The number of phenols is 1. The quantitative estimate of drug-likeness (QED) is 0.946. The first-order valence-electron chi connectivity index (χ1n) is 7.31. The van der Waals surface area contributed by atoms with E-state index in [1.54, 1.807) is 24.3 Å². The van der Waals surface area contributed by atoms with E-state index >= 15 is 0 Å². The average molecular weight is 307 g/mol. The zero-order valence-electron chi connectivity index (χ0n) is 13.0. The van der Waals surface area contributed by atoms with Crippen LogP contribution in [0.1, 0.15) is 27.5 Å². The lowest BCUT2D eigenvalue weighted by Crippen LogP contribution is -2.26. The van der Waals surface area contributed by atoms with Crippen LogP contribution in [0.5, 0.6) is 5.75 Å². The van der Waals surface area contributed by atoms with Crippen LogP contribution in [0.3, 0.4) is 0 Å². The normalized spacial score (nSPS) is 16.5. The third-order valence-corrected chi connectivity index (χ3v) is 3.88. The molecule has 2 aromatic rings.